The van der Waals surface area contributed by atoms with Gasteiger partial charge in [-0.25, -0.2) is 4.98 Å². The lowest BCUT2D eigenvalue weighted by atomic mass is 10.1. The molecule has 0 radical (unpaired) electrons. The molecule has 0 saturated carbocycles. The van der Waals surface area contributed by atoms with E-state index in [1.165, 1.54) is 0 Å². The molecular weight excluding hydrogens is 188 g/mol. The van der Waals surface area contributed by atoms with Gasteiger partial charge in [0.25, 0.3) is 0 Å². The van der Waals surface area contributed by atoms with Gasteiger partial charge in [0, 0.05) is 36.6 Å². The second kappa shape index (κ2) is 4.31. The van der Waals surface area contributed by atoms with Gasteiger partial charge in [0.05, 0.1) is 0 Å². The van der Waals surface area contributed by atoms with Gasteiger partial charge in [-0.1, -0.05) is 6.07 Å². The van der Waals surface area contributed by atoms with Crippen LogP contribution in [0.3, 0.4) is 0 Å². The third-order valence-electron chi connectivity index (χ3n) is 2.48. The van der Waals surface area contributed by atoms with Gasteiger partial charge in [0.1, 0.15) is 5.82 Å². The average molecular weight is 204 g/mol. The Morgan fingerprint density at radius 2 is 2.40 bits per heavy atom. The number of aromatic nitrogens is 1. The molecule has 0 saturated heterocycles. The maximum atomic E-state index is 5.92. The predicted molar refractivity (Wildman–Crippen MR) is 61.2 cm³/mol. The molecule has 0 amide bonds. The Balaban J connectivity index is 2.11. The summed E-state index contributed by atoms with van der Waals surface area (Å²) < 4.78 is 0. The first-order valence-electron chi connectivity index (χ1n) is 5.14. The van der Waals surface area contributed by atoms with Crippen LogP contribution in [-0.2, 0) is 0 Å². The minimum absolute atomic E-state index is 0.462. The van der Waals surface area contributed by atoms with Gasteiger partial charge in [0.2, 0.25) is 0 Å². The summed E-state index contributed by atoms with van der Waals surface area (Å²) in [6.45, 7) is 2.89. The summed E-state index contributed by atoms with van der Waals surface area (Å²) in [6.07, 6.45) is 2.69. The van der Waals surface area contributed by atoms with E-state index in [-0.39, 0.29) is 0 Å². The van der Waals surface area contributed by atoms with Crippen molar-refractivity contribution in [1.82, 2.24) is 10.3 Å². The Kier molecular flexibility index (Phi) is 2.87. The van der Waals surface area contributed by atoms with Crippen LogP contribution in [0.4, 0.5) is 5.82 Å². The lowest BCUT2D eigenvalue weighted by Crippen LogP contribution is -2.37. The number of pyridine rings is 1. The van der Waals surface area contributed by atoms with Gasteiger partial charge in [-0.15, -0.1) is 0 Å². The standard InChI is InChI=1S/C11H16N4/c1-8-6-10(9(12)7-14-8)15-11-4-2-3-5-13-11/h2-5,8,14H,6-7,12H2,1H3,(H,13,15). The molecule has 1 unspecified atom stereocenters. The molecule has 4 heteroatoms. The molecule has 0 aliphatic carbocycles. The van der Waals surface area contributed by atoms with E-state index in [2.05, 4.69) is 22.5 Å². The van der Waals surface area contributed by atoms with Crippen molar-refractivity contribution >= 4 is 5.82 Å². The molecule has 0 spiro atoms. The number of anilines is 1. The number of hydrogen-bond donors (Lipinski definition) is 3. The molecule has 0 fully saturated rings. The fourth-order valence-electron chi connectivity index (χ4n) is 1.62. The molecule has 4 N–H and O–H groups in total. The number of nitrogens with two attached hydrogens (primary N) is 1. The van der Waals surface area contributed by atoms with Crippen molar-refractivity contribution in [2.75, 3.05) is 11.9 Å². The highest BCUT2D eigenvalue weighted by molar-refractivity contribution is 5.42. The lowest BCUT2D eigenvalue weighted by Gasteiger charge is -2.24. The summed E-state index contributed by atoms with van der Waals surface area (Å²) in [7, 11) is 0. The summed E-state index contributed by atoms with van der Waals surface area (Å²) in [4.78, 5) is 4.21. The maximum absolute atomic E-state index is 5.92. The third-order valence-corrected chi connectivity index (χ3v) is 2.48. The lowest BCUT2D eigenvalue weighted by molar-refractivity contribution is 0.537. The van der Waals surface area contributed by atoms with Gasteiger partial charge in [-0.2, -0.15) is 0 Å². The predicted octanol–water partition coefficient (Wildman–Crippen LogP) is 1.05. The van der Waals surface area contributed by atoms with Gasteiger partial charge < -0.3 is 16.4 Å². The molecule has 2 rings (SSSR count). The van der Waals surface area contributed by atoms with Gasteiger partial charge >= 0.3 is 0 Å². The quantitative estimate of drug-likeness (QED) is 0.673. The van der Waals surface area contributed by atoms with E-state index in [0.717, 1.165) is 30.2 Å². The first kappa shape index (κ1) is 9.98. The van der Waals surface area contributed by atoms with E-state index in [1.54, 1.807) is 6.20 Å². The second-order valence-electron chi connectivity index (χ2n) is 3.83. The molecule has 1 atom stereocenters. The first-order chi connectivity index (χ1) is 7.25. The molecule has 1 aliphatic heterocycles. The van der Waals surface area contributed by atoms with Crippen LogP contribution in [0.25, 0.3) is 0 Å². The van der Waals surface area contributed by atoms with Crippen LogP contribution in [0.15, 0.2) is 35.8 Å². The zero-order valence-electron chi connectivity index (χ0n) is 8.83. The Morgan fingerprint density at radius 3 is 3.13 bits per heavy atom. The monoisotopic (exact) mass is 204 g/mol. The smallest absolute Gasteiger partial charge is 0.130 e. The van der Waals surface area contributed by atoms with Gasteiger partial charge in [-0.05, 0) is 19.1 Å². The molecule has 0 bridgehead atoms. The van der Waals surface area contributed by atoms with Crippen molar-refractivity contribution in [2.45, 2.75) is 19.4 Å². The van der Waals surface area contributed by atoms with Crippen molar-refractivity contribution in [1.29, 1.82) is 0 Å². The summed E-state index contributed by atoms with van der Waals surface area (Å²) in [5.41, 5.74) is 7.87. The summed E-state index contributed by atoms with van der Waals surface area (Å²) in [6, 6.07) is 6.25. The Hall–Kier alpha value is -1.55. The number of hydrogen-bond acceptors (Lipinski definition) is 4. The second-order valence-corrected chi connectivity index (χ2v) is 3.83. The molecule has 1 aliphatic rings. The fraction of sp³-hybridized carbons (Fsp3) is 0.364. The summed E-state index contributed by atoms with van der Waals surface area (Å²) in [5.74, 6) is 0.851. The zero-order valence-corrected chi connectivity index (χ0v) is 8.83. The summed E-state index contributed by atoms with van der Waals surface area (Å²) >= 11 is 0. The van der Waals surface area contributed by atoms with E-state index < -0.39 is 0 Å². The molecule has 4 nitrogen and oxygen atoms in total. The van der Waals surface area contributed by atoms with Crippen LogP contribution >= 0.6 is 0 Å². The number of nitrogens with one attached hydrogen (secondary N) is 2. The Morgan fingerprint density at radius 1 is 1.53 bits per heavy atom. The molecule has 1 aromatic heterocycles. The highest BCUT2D eigenvalue weighted by atomic mass is 15.0. The zero-order chi connectivity index (χ0) is 10.7. The highest BCUT2D eigenvalue weighted by Gasteiger charge is 2.15. The normalized spacial score (nSPS) is 21.5. The third kappa shape index (κ3) is 2.47. The summed E-state index contributed by atoms with van der Waals surface area (Å²) in [5, 5.41) is 6.57. The van der Waals surface area contributed by atoms with Crippen molar-refractivity contribution in [3.63, 3.8) is 0 Å². The van der Waals surface area contributed by atoms with Crippen LogP contribution < -0.4 is 16.4 Å². The largest absolute Gasteiger partial charge is 0.400 e. The average Bonchev–Trinajstić information content (AvgIpc) is 2.25. The van der Waals surface area contributed by atoms with E-state index in [0.29, 0.717) is 6.04 Å². The minimum Gasteiger partial charge on any atom is -0.400 e. The first-order valence-corrected chi connectivity index (χ1v) is 5.14. The number of nitrogens with zero attached hydrogens (tertiary/aromatic N) is 1. The Labute approximate surface area is 89.6 Å². The highest BCUT2D eigenvalue weighted by Crippen LogP contribution is 2.15. The van der Waals surface area contributed by atoms with Crippen LogP contribution in [0.5, 0.6) is 0 Å². The van der Waals surface area contributed by atoms with E-state index >= 15 is 0 Å². The molecular formula is C11H16N4. The van der Waals surface area contributed by atoms with Crippen molar-refractivity contribution in [2.24, 2.45) is 5.73 Å². The van der Waals surface area contributed by atoms with Crippen LogP contribution in [-0.4, -0.2) is 17.6 Å². The van der Waals surface area contributed by atoms with E-state index in [9.17, 15) is 0 Å². The van der Waals surface area contributed by atoms with E-state index in [1.807, 2.05) is 18.2 Å². The molecule has 80 valence electrons. The van der Waals surface area contributed by atoms with Crippen LogP contribution in [0.1, 0.15) is 13.3 Å². The van der Waals surface area contributed by atoms with Gasteiger partial charge in [-0.3, -0.25) is 0 Å². The number of rotatable bonds is 2. The van der Waals surface area contributed by atoms with Crippen molar-refractivity contribution in [3.8, 4) is 0 Å². The molecule has 15 heavy (non-hydrogen) atoms. The van der Waals surface area contributed by atoms with E-state index in [4.69, 9.17) is 5.73 Å². The van der Waals surface area contributed by atoms with Crippen LogP contribution in [0, 0.1) is 0 Å². The van der Waals surface area contributed by atoms with Crippen LogP contribution in [0.2, 0.25) is 0 Å². The molecule has 0 aromatic carbocycles. The Bertz CT molecular complexity index is 358. The minimum atomic E-state index is 0.462. The molecule has 2 heterocycles. The van der Waals surface area contributed by atoms with Crippen molar-refractivity contribution < 1.29 is 0 Å². The van der Waals surface area contributed by atoms with Crippen molar-refractivity contribution in [3.05, 3.63) is 35.8 Å². The SMILES string of the molecule is CC1CC(Nc2ccccn2)=C(N)CN1. The molecule has 1 aromatic rings. The van der Waals surface area contributed by atoms with Gasteiger partial charge in [0.15, 0.2) is 0 Å². The topological polar surface area (TPSA) is 63.0 Å². The maximum Gasteiger partial charge on any atom is 0.130 e. The fourth-order valence-corrected chi connectivity index (χ4v) is 1.62.